The number of para-hydroxylation sites is 4. The topological polar surface area (TPSA) is 77.8 Å². The Bertz CT molecular complexity index is 3100. The summed E-state index contributed by atoms with van der Waals surface area (Å²) in [5.74, 6) is 1.71. The SMILES string of the molecule is c1ccc(-c2nc(-c3cc(-c4cccc5c4oc4ccccc45)cc(-c4cccc5c4oc4ccccc45)c3)nc(-c3cccc4ncccc34)n2)cc1. The standard InChI is InChI=1S/C48H28N4O2/c1-2-12-29(13-3-1)46-50-47(52-48(51-46)40-20-10-22-41-35(40)21-11-25-49-41)32-27-30(33-16-8-18-38-36-14-4-6-23-42(36)53-44(33)38)26-31(28-32)34-17-9-19-39-37-15-5-7-24-43(37)54-45(34)39/h1-28H. The van der Waals surface area contributed by atoms with E-state index in [9.17, 15) is 0 Å². The molecule has 4 aromatic heterocycles. The lowest BCUT2D eigenvalue weighted by molar-refractivity contribution is 0.670. The molecule has 0 saturated heterocycles. The zero-order valence-corrected chi connectivity index (χ0v) is 28.8. The van der Waals surface area contributed by atoms with E-state index < -0.39 is 0 Å². The summed E-state index contributed by atoms with van der Waals surface area (Å²) >= 11 is 0. The molecule has 54 heavy (non-hydrogen) atoms. The fourth-order valence-corrected chi connectivity index (χ4v) is 7.66. The number of pyridine rings is 1. The number of hydrogen-bond donors (Lipinski definition) is 0. The molecule has 7 aromatic carbocycles. The Morgan fingerprint density at radius 1 is 0.333 bits per heavy atom. The molecule has 0 saturated carbocycles. The fourth-order valence-electron chi connectivity index (χ4n) is 7.66. The smallest absolute Gasteiger partial charge is 0.164 e. The normalized spacial score (nSPS) is 11.7. The van der Waals surface area contributed by atoms with Gasteiger partial charge in [-0.05, 0) is 53.6 Å². The molecule has 252 valence electrons. The number of fused-ring (bicyclic) bond motifs is 7. The van der Waals surface area contributed by atoms with Crippen LogP contribution in [0, 0.1) is 0 Å². The third-order valence-corrected chi connectivity index (χ3v) is 10.2. The fraction of sp³-hybridized carbons (Fsp3) is 0. The van der Waals surface area contributed by atoms with Crippen molar-refractivity contribution in [3.63, 3.8) is 0 Å². The number of nitrogens with zero attached hydrogens (tertiary/aromatic N) is 4. The van der Waals surface area contributed by atoms with Crippen LogP contribution in [0.1, 0.15) is 0 Å². The van der Waals surface area contributed by atoms with Crippen LogP contribution < -0.4 is 0 Å². The number of hydrogen-bond acceptors (Lipinski definition) is 6. The average molecular weight is 693 g/mol. The van der Waals surface area contributed by atoms with Crippen molar-refractivity contribution in [2.75, 3.05) is 0 Å². The van der Waals surface area contributed by atoms with E-state index in [1.165, 1.54) is 0 Å². The van der Waals surface area contributed by atoms with Gasteiger partial charge in [-0.2, -0.15) is 0 Å². The number of aromatic nitrogens is 4. The summed E-state index contributed by atoms with van der Waals surface area (Å²) in [6, 6.07) is 55.6. The predicted octanol–water partition coefficient (Wildman–Crippen LogP) is 12.6. The predicted molar refractivity (Wildman–Crippen MR) is 217 cm³/mol. The van der Waals surface area contributed by atoms with Crippen LogP contribution in [0.3, 0.4) is 0 Å². The molecule has 0 unspecified atom stereocenters. The van der Waals surface area contributed by atoms with Crippen LogP contribution in [-0.4, -0.2) is 19.9 Å². The van der Waals surface area contributed by atoms with Crippen molar-refractivity contribution in [1.29, 1.82) is 0 Å². The van der Waals surface area contributed by atoms with E-state index in [1.54, 1.807) is 6.20 Å². The van der Waals surface area contributed by atoms with Crippen LogP contribution >= 0.6 is 0 Å². The number of furan rings is 2. The van der Waals surface area contributed by atoms with Gasteiger partial charge in [-0.15, -0.1) is 0 Å². The van der Waals surface area contributed by atoms with Crippen LogP contribution in [0.5, 0.6) is 0 Å². The lowest BCUT2D eigenvalue weighted by Crippen LogP contribution is -2.01. The van der Waals surface area contributed by atoms with Crippen LogP contribution in [-0.2, 0) is 0 Å². The van der Waals surface area contributed by atoms with Gasteiger partial charge in [-0.25, -0.2) is 15.0 Å². The number of benzene rings is 7. The highest BCUT2D eigenvalue weighted by molar-refractivity contribution is 6.11. The van der Waals surface area contributed by atoms with Crippen LogP contribution in [0.15, 0.2) is 179 Å². The van der Waals surface area contributed by atoms with Gasteiger partial charge < -0.3 is 8.83 Å². The second-order valence-electron chi connectivity index (χ2n) is 13.4. The molecule has 0 aliphatic heterocycles. The lowest BCUT2D eigenvalue weighted by Gasteiger charge is -2.13. The quantitative estimate of drug-likeness (QED) is 0.179. The van der Waals surface area contributed by atoms with Crippen molar-refractivity contribution in [3.05, 3.63) is 170 Å². The first-order valence-corrected chi connectivity index (χ1v) is 17.9. The van der Waals surface area contributed by atoms with Crippen molar-refractivity contribution in [1.82, 2.24) is 19.9 Å². The molecular weight excluding hydrogens is 665 g/mol. The van der Waals surface area contributed by atoms with Crippen LogP contribution in [0.2, 0.25) is 0 Å². The Morgan fingerprint density at radius 2 is 0.833 bits per heavy atom. The Kier molecular flexibility index (Phi) is 6.75. The molecule has 0 fully saturated rings. The summed E-state index contributed by atoms with van der Waals surface area (Å²) < 4.78 is 13.1. The number of rotatable bonds is 5. The maximum atomic E-state index is 6.57. The molecule has 11 rings (SSSR count). The van der Waals surface area contributed by atoms with Gasteiger partial charge in [0.15, 0.2) is 17.5 Å². The monoisotopic (exact) mass is 692 g/mol. The van der Waals surface area contributed by atoms with E-state index in [-0.39, 0.29) is 0 Å². The van der Waals surface area contributed by atoms with Gasteiger partial charge in [0, 0.05) is 60.9 Å². The second-order valence-corrected chi connectivity index (χ2v) is 13.4. The van der Waals surface area contributed by atoms with Crippen molar-refractivity contribution >= 4 is 54.8 Å². The average Bonchev–Trinajstić information content (AvgIpc) is 3.82. The van der Waals surface area contributed by atoms with Gasteiger partial charge in [0.05, 0.1) is 5.52 Å². The molecule has 0 atom stereocenters. The largest absolute Gasteiger partial charge is 0.455 e. The molecule has 0 aliphatic rings. The third kappa shape index (κ3) is 4.89. The van der Waals surface area contributed by atoms with E-state index in [0.29, 0.717) is 17.5 Å². The summed E-state index contributed by atoms with van der Waals surface area (Å²) in [4.78, 5) is 20.0. The minimum absolute atomic E-state index is 0.552. The molecule has 0 radical (unpaired) electrons. The van der Waals surface area contributed by atoms with Crippen molar-refractivity contribution in [3.8, 4) is 56.4 Å². The highest BCUT2D eigenvalue weighted by atomic mass is 16.3. The van der Waals surface area contributed by atoms with Crippen LogP contribution in [0.25, 0.3) is 111 Å². The summed E-state index contributed by atoms with van der Waals surface area (Å²) in [7, 11) is 0. The summed E-state index contributed by atoms with van der Waals surface area (Å²) in [6.45, 7) is 0. The van der Waals surface area contributed by atoms with Gasteiger partial charge in [0.1, 0.15) is 22.3 Å². The highest BCUT2D eigenvalue weighted by Crippen LogP contribution is 2.42. The lowest BCUT2D eigenvalue weighted by atomic mass is 9.94. The molecule has 0 aliphatic carbocycles. The first-order chi connectivity index (χ1) is 26.7. The van der Waals surface area contributed by atoms with E-state index >= 15 is 0 Å². The molecule has 0 N–H and O–H groups in total. The van der Waals surface area contributed by atoms with Gasteiger partial charge in [-0.3, -0.25) is 4.98 Å². The molecule has 6 heteroatoms. The van der Waals surface area contributed by atoms with Gasteiger partial charge in [0.2, 0.25) is 0 Å². The van der Waals surface area contributed by atoms with Gasteiger partial charge in [0.25, 0.3) is 0 Å². The van der Waals surface area contributed by atoms with Crippen molar-refractivity contribution in [2.24, 2.45) is 0 Å². The van der Waals surface area contributed by atoms with E-state index in [0.717, 1.165) is 93.7 Å². The Labute approximate surface area is 309 Å². The highest BCUT2D eigenvalue weighted by Gasteiger charge is 2.20. The molecule has 11 aromatic rings. The zero-order valence-electron chi connectivity index (χ0n) is 28.8. The van der Waals surface area contributed by atoms with Gasteiger partial charge in [-0.1, -0.05) is 121 Å². The molecule has 0 bridgehead atoms. The van der Waals surface area contributed by atoms with Crippen molar-refractivity contribution < 1.29 is 8.83 Å². The van der Waals surface area contributed by atoms with Crippen LogP contribution in [0.4, 0.5) is 0 Å². The molecular formula is C48H28N4O2. The second kappa shape index (κ2) is 12.1. The maximum Gasteiger partial charge on any atom is 0.164 e. The van der Waals surface area contributed by atoms with E-state index in [4.69, 9.17) is 23.8 Å². The molecule has 0 spiro atoms. The molecule has 0 amide bonds. The summed E-state index contributed by atoms with van der Waals surface area (Å²) in [5.41, 5.74) is 10.7. The van der Waals surface area contributed by atoms with E-state index in [1.807, 2.05) is 91.0 Å². The third-order valence-electron chi connectivity index (χ3n) is 10.2. The molecule has 4 heterocycles. The van der Waals surface area contributed by atoms with Gasteiger partial charge >= 0.3 is 0 Å². The minimum atomic E-state index is 0.552. The summed E-state index contributed by atoms with van der Waals surface area (Å²) in [5, 5.41) is 5.26. The first kappa shape index (κ1) is 30.2. The maximum absolute atomic E-state index is 6.57. The van der Waals surface area contributed by atoms with E-state index in [2.05, 4.69) is 77.8 Å². The Morgan fingerprint density at radius 3 is 1.50 bits per heavy atom. The Balaban J connectivity index is 1.20. The van der Waals surface area contributed by atoms with Crippen molar-refractivity contribution in [2.45, 2.75) is 0 Å². The summed E-state index contributed by atoms with van der Waals surface area (Å²) in [6.07, 6.45) is 1.80. The molecule has 6 nitrogen and oxygen atoms in total. The minimum Gasteiger partial charge on any atom is -0.455 e. The zero-order chi connectivity index (χ0) is 35.6. The first-order valence-electron chi connectivity index (χ1n) is 17.9. The Hall–Kier alpha value is -7.44.